The number of hydrogen-bond acceptors (Lipinski definition) is 14. The number of halogens is 1. The molecule has 19 heteroatoms. The van der Waals surface area contributed by atoms with Gasteiger partial charge in [0, 0.05) is 28.5 Å². The number of para-hydroxylation sites is 1. The van der Waals surface area contributed by atoms with Crippen LogP contribution < -0.4 is 33.2 Å². The number of aromatic nitrogens is 2. The number of carbonyl (C=O) groups is 3. The van der Waals surface area contributed by atoms with Crippen LogP contribution in [-0.2, 0) is 27.4 Å². The molecule has 0 saturated heterocycles. The number of hydrogen-bond donors (Lipinski definition) is 3. The molecule has 0 aliphatic rings. The molecule has 3 N–H and O–H groups in total. The van der Waals surface area contributed by atoms with Gasteiger partial charge in [0.1, 0.15) is 23.9 Å². The molecule has 17 nitrogen and oxygen atoms in total. The van der Waals surface area contributed by atoms with Gasteiger partial charge in [-0.2, -0.15) is 14.4 Å². The number of ketones is 1. The number of carbonyl (C=O) groups excluding carboxylic acids is 3. The number of Topliss-reactive ketones (excluding diaryl/α,β-unsaturated/α-hetero) is 1. The van der Waals surface area contributed by atoms with Crippen LogP contribution in [0.1, 0.15) is 103 Å². The molecule has 8 rings (SSSR count). The number of anilines is 2. The predicted octanol–water partition coefficient (Wildman–Crippen LogP) is 15.1. The summed E-state index contributed by atoms with van der Waals surface area (Å²) in [6, 6.07) is 41.9. The van der Waals surface area contributed by atoms with Crippen LogP contribution in [0.15, 0.2) is 162 Å². The summed E-state index contributed by atoms with van der Waals surface area (Å²) < 4.78 is 53.4. The fourth-order valence-corrected chi connectivity index (χ4v) is 9.71. The average molecular weight is 1150 g/mol. The first-order chi connectivity index (χ1) is 39.9. The van der Waals surface area contributed by atoms with E-state index in [1.807, 2.05) is 24.3 Å². The molecule has 0 radical (unpaired) electrons. The van der Waals surface area contributed by atoms with Gasteiger partial charge in [0.15, 0.2) is 11.5 Å². The number of phenols is 1. The maximum Gasteiger partial charge on any atom is 0.338 e. The monoisotopic (exact) mass is 1150 g/mol. The zero-order valence-electron chi connectivity index (χ0n) is 46.1. The standard InChI is InChI=1S/C63H65ClN6O11S/c1-5-6-7-8-9-10-11-12-13-22-37-78-63(74)44-31-35-52(64)54(38-44)65-61(73)60(58(71)43-29-32-47(76-3)33-30-43)80-62-51(42(2)68-70(62)46-25-18-15-19-26-46)41-79-48-34-36-56(77-4)55(39-48)69-82(75)81-57-40-53(67-66-45-23-16-14-17-24-45)49-27-20-21-28-50(49)59(57)72/h14-21,23-36,38-40,60,69,72H,5-13,22,37,41H2,1-4H3,(H,65,73). The Bertz CT molecular complexity index is 3510. The fraction of sp³-hybridized carbons (Fsp3) is 0.270. The van der Waals surface area contributed by atoms with Gasteiger partial charge in [-0.3, -0.25) is 14.3 Å². The first-order valence-electron chi connectivity index (χ1n) is 27.1. The van der Waals surface area contributed by atoms with Gasteiger partial charge in [-0.25, -0.2) is 9.48 Å². The number of phenolic OH excluding ortho intramolecular Hbond substituents is 1. The fourth-order valence-electron chi connectivity index (χ4n) is 8.87. The number of aryl methyl sites for hydroxylation is 1. The van der Waals surface area contributed by atoms with E-state index >= 15 is 0 Å². The Morgan fingerprint density at radius 2 is 1.34 bits per heavy atom. The number of benzene rings is 7. The molecule has 1 aromatic heterocycles. The molecular weight excluding hydrogens is 1080 g/mol. The minimum absolute atomic E-state index is 0.000315. The zero-order chi connectivity index (χ0) is 57.8. The minimum atomic E-state index is -2.33. The summed E-state index contributed by atoms with van der Waals surface area (Å²) in [5.41, 5.74) is 2.83. The van der Waals surface area contributed by atoms with E-state index in [0.717, 1.165) is 25.7 Å². The zero-order valence-corrected chi connectivity index (χ0v) is 47.7. The highest BCUT2D eigenvalue weighted by molar-refractivity contribution is 7.82. The van der Waals surface area contributed by atoms with Crippen molar-refractivity contribution in [3.8, 4) is 40.3 Å². The van der Waals surface area contributed by atoms with Crippen molar-refractivity contribution >= 4 is 74.0 Å². The molecule has 2 atom stereocenters. The van der Waals surface area contributed by atoms with Gasteiger partial charge in [0.25, 0.3) is 5.91 Å². The van der Waals surface area contributed by atoms with Crippen molar-refractivity contribution in [2.75, 3.05) is 30.9 Å². The van der Waals surface area contributed by atoms with Crippen LogP contribution in [0.5, 0.6) is 34.6 Å². The number of fused-ring (bicyclic) bond motifs is 1. The number of nitrogens with zero attached hydrogens (tertiary/aromatic N) is 4. The maximum absolute atomic E-state index is 14.7. The Morgan fingerprint density at radius 1 is 0.695 bits per heavy atom. The summed E-state index contributed by atoms with van der Waals surface area (Å²) in [5.74, 6) is -1.58. The lowest BCUT2D eigenvalue weighted by atomic mass is 10.0. The smallest absolute Gasteiger partial charge is 0.338 e. The Hall–Kier alpha value is -8.74. The van der Waals surface area contributed by atoms with E-state index in [0.29, 0.717) is 44.8 Å². The van der Waals surface area contributed by atoms with Crippen LogP contribution in [0.3, 0.4) is 0 Å². The first-order valence-corrected chi connectivity index (χ1v) is 28.5. The van der Waals surface area contributed by atoms with Crippen LogP contribution in [0.2, 0.25) is 5.02 Å². The van der Waals surface area contributed by atoms with Gasteiger partial charge >= 0.3 is 17.2 Å². The third kappa shape index (κ3) is 15.8. The Labute approximate surface area is 484 Å². The van der Waals surface area contributed by atoms with E-state index in [9.17, 15) is 23.7 Å². The number of azo groups is 1. The van der Waals surface area contributed by atoms with E-state index in [-0.39, 0.29) is 69.6 Å². The lowest BCUT2D eigenvalue weighted by Gasteiger charge is -2.20. The van der Waals surface area contributed by atoms with E-state index in [4.69, 9.17) is 44.6 Å². The van der Waals surface area contributed by atoms with Gasteiger partial charge in [0.2, 0.25) is 17.8 Å². The van der Waals surface area contributed by atoms with Gasteiger partial charge in [-0.1, -0.05) is 137 Å². The van der Waals surface area contributed by atoms with E-state index < -0.39 is 35.0 Å². The van der Waals surface area contributed by atoms with Crippen molar-refractivity contribution in [1.29, 1.82) is 0 Å². The molecule has 0 fully saturated rings. The molecular formula is C63H65ClN6O11S. The Morgan fingerprint density at radius 3 is 2.04 bits per heavy atom. The van der Waals surface area contributed by atoms with Crippen LogP contribution in [0.25, 0.3) is 16.5 Å². The maximum atomic E-state index is 14.7. The van der Waals surface area contributed by atoms with Gasteiger partial charge in [0.05, 0.1) is 71.1 Å². The summed E-state index contributed by atoms with van der Waals surface area (Å²) in [6.07, 6.45) is 9.53. The lowest BCUT2D eigenvalue weighted by Crippen LogP contribution is -2.40. The van der Waals surface area contributed by atoms with Gasteiger partial charge < -0.3 is 38.3 Å². The molecule has 8 aromatic rings. The highest BCUT2D eigenvalue weighted by Crippen LogP contribution is 2.42. The minimum Gasteiger partial charge on any atom is -0.504 e. The molecule has 2 unspecified atom stereocenters. The number of aromatic hydroxyl groups is 1. The third-order valence-corrected chi connectivity index (χ3v) is 14.4. The summed E-state index contributed by atoms with van der Waals surface area (Å²) in [5, 5.41) is 28.7. The summed E-state index contributed by atoms with van der Waals surface area (Å²) in [7, 11) is 2.93. The lowest BCUT2D eigenvalue weighted by molar-refractivity contribution is -0.121. The second-order valence-electron chi connectivity index (χ2n) is 19.1. The number of nitrogens with one attached hydrogen (secondary N) is 2. The quantitative estimate of drug-likeness (QED) is 0.0126. The van der Waals surface area contributed by atoms with Gasteiger partial charge in [-0.15, -0.1) is 5.11 Å². The second kappa shape index (κ2) is 29.6. The molecule has 1 heterocycles. The molecule has 426 valence electrons. The van der Waals surface area contributed by atoms with Crippen molar-refractivity contribution in [2.24, 2.45) is 10.2 Å². The molecule has 1 amide bonds. The van der Waals surface area contributed by atoms with Crippen LogP contribution >= 0.6 is 11.6 Å². The molecule has 0 spiro atoms. The van der Waals surface area contributed by atoms with Gasteiger partial charge in [-0.05, 0) is 92.2 Å². The molecule has 82 heavy (non-hydrogen) atoms. The highest BCUT2D eigenvalue weighted by Gasteiger charge is 2.34. The SMILES string of the molecule is CCCCCCCCCCCCOC(=O)c1ccc(Cl)c(NC(=O)C(Oc2c(COc3ccc(OC)c(NS(=O)Oc4cc(N=Nc5ccccc5)c5ccccc5c4O)c3)c(C)nn2-c2ccccc2)C(=O)c2ccc(OC)cc2)c1. The van der Waals surface area contributed by atoms with Crippen LogP contribution in [0.4, 0.5) is 22.7 Å². The average Bonchev–Trinajstić information content (AvgIpc) is 3.98. The number of unbranched alkanes of at least 4 members (excludes halogenated alkanes) is 9. The molecule has 7 aromatic carbocycles. The first kappa shape index (κ1) is 59.4. The number of methoxy groups -OCH3 is 2. The Balaban J connectivity index is 1.02. The van der Waals surface area contributed by atoms with Crippen molar-refractivity contribution in [1.82, 2.24) is 9.78 Å². The van der Waals surface area contributed by atoms with E-state index in [2.05, 4.69) is 27.2 Å². The largest absolute Gasteiger partial charge is 0.504 e. The van der Waals surface area contributed by atoms with Crippen molar-refractivity contribution < 1.29 is 51.6 Å². The predicted molar refractivity (Wildman–Crippen MR) is 318 cm³/mol. The van der Waals surface area contributed by atoms with E-state index in [1.165, 1.54) is 99.9 Å². The normalized spacial score (nSPS) is 11.9. The molecule has 0 saturated carbocycles. The van der Waals surface area contributed by atoms with Crippen LogP contribution in [-0.4, -0.2) is 63.7 Å². The highest BCUT2D eigenvalue weighted by atomic mass is 35.5. The summed E-state index contributed by atoms with van der Waals surface area (Å²) in [6.45, 7) is 3.96. The van der Waals surface area contributed by atoms with Crippen LogP contribution in [0, 0.1) is 6.92 Å². The molecule has 0 bridgehead atoms. The number of esters is 1. The number of ether oxygens (including phenoxy) is 5. The second-order valence-corrected chi connectivity index (χ2v) is 20.4. The Kier molecular flexibility index (Phi) is 21.5. The third-order valence-electron chi connectivity index (χ3n) is 13.3. The summed E-state index contributed by atoms with van der Waals surface area (Å²) in [4.78, 5) is 42.7. The molecule has 0 aliphatic heterocycles. The summed E-state index contributed by atoms with van der Waals surface area (Å²) >= 11 is 4.33. The van der Waals surface area contributed by atoms with Crippen molar-refractivity contribution in [3.05, 3.63) is 179 Å². The molecule has 0 aliphatic carbocycles. The number of amides is 1. The number of rotatable bonds is 30. The van der Waals surface area contributed by atoms with Crippen molar-refractivity contribution in [2.45, 2.75) is 90.8 Å². The topological polar surface area (TPSA) is 210 Å². The van der Waals surface area contributed by atoms with Crippen molar-refractivity contribution in [3.63, 3.8) is 0 Å². The van der Waals surface area contributed by atoms with E-state index in [1.54, 1.807) is 91.9 Å².